The monoisotopic (exact) mass is 342 g/mol. The zero-order valence-corrected chi connectivity index (χ0v) is 13.9. The van der Waals surface area contributed by atoms with Gasteiger partial charge in [-0.1, -0.05) is 30.3 Å². The first kappa shape index (κ1) is 16.6. The molecule has 1 unspecified atom stereocenters. The van der Waals surface area contributed by atoms with E-state index in [0.29, 0.717) is 17.1 Å². The average Bonchev–Trinajstić information content (AvgIpc) is 3.04. The molecule has 1 atom stereocenters. The third-order valence-electron chi connectivity index (χ3n) is 3.65. The molecule has 2 aromatic rings. The molecule has 3 rings (SSSR count). The minimum absolute atomic E-state index is 0.103. The van der Waals surface area contributed by atoms with E-state index in [0.717, 1.165) is 5.56 Å². The van der Waals surface area contributed by atoms with Crippen molar-refractivity contribution in [2.75, 3.05) is 6.61 Å². The second-order valence-corrected chi connectivity index (χ2v) is 5.44. The van der Waals surface area contributed by atoms with Crippen LogP contribution in [0.4, 0.5) is 4.79 Å². The maximum atomic E-state index is 12.2. The van der Waals surface area contributed by atoms with E-state index in [4.69, 9.17) is 4.74 Å². The second-order valence-electron chi connectivity index (χ2n) is 5.44. The number of aromatic nitrogens is 4. The van der Waals surface area contributed by atoms with Crippen LogP contribution in [0.2, 0.25) is 0 Å². The molecule has 2 amide bonds. The molecule has 0 aliphatic carbocycles. The number of esters is 1. The molecule has 1 aliphatic heterocycles. The summed E-state index contributed by atoms with van der Waals surface area (Å²) >= 11 is 0. The number of benzene rings is 1. The van der Waals surface area contributed by atoms with Gasteiger partial charge in [0.1, 0.15) is 6.54 Å². The fourth-order valence-corrected chi connectivity index (χ4v) is 2.56. The molecule has 0 saturated heterocycles. The first-order chi connectivity index (χ1) is 12.1. The van der Waals surface area contributed by atoms with Crippen molar-refractivity contribution in [2.24, 2.45) is 0 Å². The number of nitrogens with zero attached hydrogens (tertiary/aromatic N) is 4. The number of nitrogens with one attached hydrogen (secondary N) is 2. The van der Waals surface area contributed by atoms with E-state index in [9.17, 15) is 9.59 Å². The van der Waals surface area contributed by atoms with Crippen LogP contribution in [0.5, 0.6) is 0 Å². The number of amides is 2. The lowest BCUT2D eigenvalue weighted by Gasteiger charge is -2.26. The molecule has 0 bridgehead atoms. The maximum absolute atomic E-state index is 12.2. The third-order valence-corrected chi connectivity index (χ3v) is 3.65. The number of hydrogen-bond donors (Lipinski definition) is 2. The van der Waals surface area contributed by atoms with Gasteiger partial charge in [0.15, 0.2) is 0 Å². The number of urea groups is 1. The highest BCUT2D eigenvalue weighted by molar-refractivity contribution is 5.94. The zero-order valence-electron chi connectivity index (χ0n) is 13.9. The van der Waals surface area contributed by atoms with Gasteiger partial charge in [-0.3, -0.25) is 0 Å². The Morgan fingerprint density at radius 1 is 1.32 bits per heavy atom. The topological polar surface area (TPSA) is 111 Å². The van der Waals surface area contributed by atoms with Crippen LogP contribution in [-0.2, 0) is 16.1 Å². The van der Waals surface area contributed by atoms with Crippen LogP contribution in [0.3, 0.4) is 0 Å². The van der Waals surface area contributed by atoms with Crippen LogP contribution in [0.15, 0.2) is 41.6 Å². The molecule has 0 radical (unpaired) electrons. The first-order valence-corrected chi connectivity index (χ1v) is 7.89. The van der Waals surface area contributed by atoms with E-state index in [1.54, 1.807) is 13.8 Å². The summed E-state index contributed by atoms with van der Waals surface area (Å²) in [5, 5.41) is 17.6. The second kappa shape index (κ2) is 7.12. The first-order valence-electron chi connectivity index (χ1n) is 7.89. The summed E-state index contributed by atoms with van der Waals surface area (Å²) in [6.07, 6.45) is 0. The molecule has 25 heavy (non-hydrogen) atoms. The number of hydrogen-bond acceptors (Lipinski definition) is 6. The minimum atomic E-state index is -0.485. The molecule has 1 aromatic heterocycles. The van der Waals surface area contributed by atoms with Gasteiger partial charge in [-0.05, 0) is 19.1 Å². The van der Waals surface area contributed by atoms with Crippen molar-refractivity contribution < 1.29 is 14.3 Å². The Morgan fingerprint density at radius 2 is 2.08 bits per heavy atom. The quantitative estimate of drug-likeness (QED) is 0.780. The summed E-state index contributed by atoms with van der Waals surface area (Å²) in [6, 6.07) is 8.55. The molecule has 1 aliphatic rings. The summed E-state index contributed by atoms with van der Waals surface area (Å²) in [7, 11) is 0. The molecule has 130 valence electrons. The van der Waals surface area contributed by atoms with Crippen LogP contribution >= 0.6 is 0 Å². The maximum Gasteiger partial charge on any atom is 0.337 e. The van der Waals surface area contributed by atoms with E-state index in [2.05, 4.69) is 26.0 Å². The van der Waals surface area contributed by atoms with E-state index >= 15 is 0 Å². The van der Waals surface area contributed by atoms with Gasteiger partial charge in [0.25, 0.3) is 0 Å². The lowest BCUT2D eigenvalue weighted by atomic mass is 10.0. The summed E-state index contributed by atoms with van der Waals surface area (Å²) in [5.74, 6) is -0.0203. The third kappa shape index (κ3) is 3.65. The zero-order chi connectivity index (χ0) is 17.8. The van der Waals surface area contributed by atoms with Crippen molar-refractivity contribution in [3.63, 3.8) is 0 Å². The Hall–Kier alpha value is -3.23. The molecule has 2 N–H and O–H groups in total. The van der Waals surface area contributed by atoms with Crippen LogP contribution in [0.25, 0.3) is 11.4 Å². The van der Waals surface area contributed by atoms with Gasteiger partial charge in [0.2, 0.25) is 5.82 Å². The number of ether oxygens (including phenoxy) is 1. The lowest BCUT2D eigenvalue weighted by Crippen LogP contribution is -2.50. The highest BCUT2D eigenvalue weighted by atomic mass is 16.5. The van der Waals surface area contributed by atoms with E-state index < -0.39 is 12.0 Å². The fourth-order valence-electron chi connectivity index (χ4n) is 2.56. The molecule has 9 nitrogen and oxygen atoms in total. The molecule has 2 heterocycles. The van der Waals surface area contributed by atoms with Gasteiger partial charge in [-0.15, -0.1) is 10.2 Å². The Labute approximate surface area is 144 Å². The summed E-state index contributed by atoms with van der Waals surface area (Å²) < 4.78 is 5.08. The Bertz CT molecular complexity index is 814. The van der Waals surface area contributed by atoms with E-state index in [1.807, 2.05) is 30.3 Å². The Balaban J connectivity index is 1.88. The van der Waals surface area contributed by atoms with Crippen molar-refractivity contribution in [3.8, 4) is 11.4 Å². The van der Waals surface area contributed by atoms with E-state index in [-0.39, 0.29) is 19.2 Å². The number of carbonyl (C=O) groups excluding carboxylic acids is 2. The minimum Gasteiger partial charge on any atom is -0.463 e. The molecular formula is C16H18N6O3. The Morgan fingerprint density at radius 3 is 2.80 bits per heavy atom. The summed E-state index contributed by atoms with van der Waals surface area (Å²) in [6.45, 7) is 3.79. The number of allylic oxidation sites excluding steroid dienone is 1. The lowest BCUT2D eigenvalue weighted by molar-refractivity contribution is -0.139. The van der Waals surface area contributed by atoms with Gasteiger partial charge in [-0.2, -0.15) is 4.80 Å². The fraction of sp³-hybridized carbons (Fsp3) is 0.312. The molecule has 9 heteroatoms. The molecule has 0 saturated carbocycles. The predicted octanol–water partition coefficient (Wildman–Crippen LogP) is 0.859. The smallest absolute Gasteiger partial charge is 0.337 e. The van der Waals surface area contributed by atoms with Gasteiger partial charge in [-0.25, -0.2) is 9.59 Å². The van der Waals surface area contributed by atoms with Crippen molar-refractivity contribution in [2.45, 2.75) is 26.4 Å². The number of rotatable bonds is 5. The van der Waals surface area contributed by atoms with Crippen LogP contribution in [-0.4, -0.2) is 44.9 Å². The summed E-state index contributed by atoms with van der Waals surface area (Å²) in [4.78, 5) is 25.3. The van der Waals surface area contributed by atoms with Crippen LogP contribution in [0.1, 0.15) is 13.8 Å². The Kier molecular flexibility index (Phi) is 4.73. The normalized spacial score (nSPS) is 17.0. The highest BCUT2D eigenvalue weighted by Crippen LogP contribution is 2.16. The summed E-state index contributed by atoms with van der Waals surface area (Å²) in [5.41, 5.74) is 1.57. The predicted molar refractivity (Wildman–Crippen MR) is 88.0 cm³/mol. The molecule has 0 spiro atoms. The SMILES string of the molecule is CCOC(=O)C1=C(Cn2nnc(-c3ccccc3)n2)NC(=O)NC1C. The van der Waals surface area contributed by atoms with Gasteiger partial charge >= 0.3 is 12.0 Å². The van der Waals surface area contributed by atoms with Crippen molar-refractivity contribution in [1.82, 2.24) is 30.8 Å². The van der Waals surface area contributed by atoms with Crippen LogP contribution in [0, 0.1) is 0 Å². The largest absolute Gasteiger partial charge is 0.463 e. The van der Waals surface area contributed by atoms with Gasteiger partial charge in [0, 0.05) is 5.56 Å². The van der Waals surface area contributed by atoms with Crippen molar-refractivity contribution in [3.05, 3.63) is 41.6 Å². The highest BCUT2D eigenvalue weighted by Gasteiger charge is 2.30. The van der Waals surface area contributed by atoms with Crippen LogP contribution < -0.4 is 10.6 Å². The molecule has 0 fully saturated rings. The number of carbonyl (C=O) groups is 2. The molecule has 1 aromatic carbocycles. The average molecular weight is 342 g/mol. The van der Waals surface area contributed by atoms with Crippen molar-refractivity contribution >= 4 is 12.0 Å². The molecular weight excluding hydrogens is 324 g/mol. The van der Waals surface area contributed by atoms with Gasteiger partial charge < -0.3 is 15.4 Å². The number of tetrazole rings is 1. The van der Waals surface area contributed by atoms with E-state index in [1.165, 1.54) is 4.80 Å². The van der Waals surface area contributed by atoms with Gasteiger partial charge in [0.05, 0.1) is 23.9 Å². The standard InChI is InChI=1S/C16H18N6O3/c1-3-25-15(23)13-10(2)17-16(24)18-12(13)9-22-20-14(19-21-22)11-7-5-4-6-8-11/h4-8,10H,3,9H2,1-2H3,(H2,17,18,24). The van der Waals surface area contributed by atoms with Crippen molar-refractivity contribution in [1.29, 1.82) is 0 Å².